The Morgan fingerprint density at radius 3 is 2.37 bits per heavy atom. The third kappa shape index (κ3) is 3.75. The third-order valence-corrected chi connectivity index (χ3v) is 6.86. The fourth-order valence-corrected chi connectivity index (χ4v) is 4.90. The highest BCUT2D eigenvalue weighted by atomic mass is 32.2. The molecule has 0 atom stereocenters. The molecule has 2 aliphatic rings. The fourth-order valence-electron chi connectivity index (χ4n) is 3.46. The standard InChI is InChI=1S/C20H24N2O4S/c1-16-4-2-5-17(14-16)21-8-10-22(11-9-21)27(23,24)18-6-7-19-20(15-18)26-13-3-12-25-19/h2,4-7,14-15H,3,8-13H2,1H3. The highest BCUT2D eigenvalue weighted by Gasteiger charge is 2.29. The Morgan fingerprint density at radius 1 is 0.889 bits per heavy atom. The highest BCUT2D eigenvalue weighted by Crippen LogP contribution is 2.33. The third-order valence-electron chi connectivity index (χ3n) is 4.96. The lowest BCUT2D eigenvalue weighted by molar-refractivity contribution is 0.296. The van der Waals surface area contributed by atoms with E-state index in [1.165, 1.54) is 5.56 Å². The quantitative estimate of drug-likeness (QED) is 0.809. The van der Waals surface area contributed by atoms with Gasteiger partial charge in [-0.1, -0.05) is 12.1 Å². The number of aryl methyl sites for hydroxylation is 1. The van der Waals surface area contributed by atoms with Crippen molar-refractivity contribution in [2.24, 2.45) is 0 Å². The average molecular weight is 388 g/mol. The van der Waals surface area contributed by atoms with Crippen LogP contribution in [0, 0.1) is 6.92 Å². The van der Waals surface area contributed by atoms with Crippen molar-refractivity contribution < 1.29 is 17.9 Å². The van der Waals surface area contributed by atoms with Gasteiger partial charge in [-0.25, -0.2) is 8.42 Å². The Kier molecular flexibility index (Phi) is 4.97. The van der Waals surface area contributed by atoms with E-state index in [0.29, 0.717) is 50.9 Å². The second kappa shape index (κ2) is 7.40. The molecule has 1 fully saturated rings. The molecule has 7 heteroatoms. The summed E-state index contributed by atoms with van der Waals surface area (Å²) in [7, 11) is -3.55. The summed E-state index contributed by atoms with van der Waals surface area (Å²) in [6.45, 7) is 5.45. The zero-order chi connectivity index (χ0) is 18.9. The summed E-state index contributed by atoms with van der Waals surface area (Å²) >= 11 is 0. The van der Waals surface area contributed by atoms with Gasteiger partial charge in [0.05, 0.1) is 18.1 Å². The predicted octanol–water partition coefficient (Wildman–Crippen LogP) is 2.67. The van der Waals surface area contributed by atoms with Crippen molar-refractivity contribution in [1.82, 2.24) is 4.31 Å². The Morgan fingerprint density at radius 2 is 1.63 bits per heavy atom. The van der Waals surface area contributed by atoms with Gasteiger partial charge < -0.3 is 14.4 Å². The number of fused-ring (bicyclic) bond motifs is 1. The monoisotopic (exact) mass is 388 g/mol. The van der Waals surface area contributed by atoms with Crippen LogP contribution in [0.4, 0.5) is 5.69 Å². The average Bonchev–Trinajstić information content (AvgIpc) is 2.93. The molecule has 4 rings (SSSR count). The molecule has 0 radical (unpaired) electrons. The van der Waals surface area contributed by atoms with Gasteiger partial charge in [0.2, 0.25) is 10.0 Å². The SMILES string of the molecule is Cc1cccc(N2CCN(S(=O)(=O)c3ccc4c(c3)OCCCO4)CC2)c1. The highest BCUT2D eigenvalue weighted by molar-refractivity contribution is 7.89. The lowest BCUT2D eigenvalue weighted by Gasteiger charge is -2.35. The second-order valence-electron chi connectivity index (χ2n) is 6.89. The molecule has 2 heterocycles. The summed E-state index contributed by atoms with van der Waals surface area (Å²) in [5.74, 6) is 1.11. The van der Waals surface area contributed by atoms with E-state index in [1.807, 2.05) is 6.07 Å². The molecule has 2 aliphatic heterocycles. The molecule has 27 heavy (non-hydrogen) atoms. The van der Waals surface area contributed by atoms with Gasteiger partial charge in [-0.2, -0.15) is 4.31 Å². The Labute approximate surface area is 160 Å². The molecular weight excluding hydrogens is 364 g/mol. The van der Waals surface area contributed by atoms with Gasteiger partial charge in [0, 0.05) is 44.4 Å². The van der Waals surface area contributed by atoms with Crippen LogP contribution >= 0.6 is 0 Å². The molecule has 0 spiro atoms. The zero-order valence-electron chi connectivity index (χ0n) is 15.4. The van der Waals surface area contributed by atoms with Crippen LogP contribution in [0.25, 0.3) is 0 Å². The predicted molar refractivity (Wildman–Crippen MR) is 104 cm³/mol. The minimum atomic E-state index is -3.55. The molecule has 0 bridgehead atoms. The molecular formula is C20H24N2O4S. The van der Waals surface area contributed by atoms with Crippen molar-refractivity contribution in [3.8, 4) is 11.5 Å². The number of rotatable bonds is 3. The summed E-state index contributed by atoms with van der Waals surface area (Å²) in [5, 5.41) is 0. The van der Waals surface area contributed by atoms with E-state index in [1.54, 1.807) is 22.5 Å². The van der Waals surface area contributed by atoms with Crippen molar-refractivity contribution in [2.75, 3.05) is 44.3 Å². The van der Waals surface area contributed by atoms with Crippen LogP contribution in [0.3, 0.4) is 0 Å². The van der Waals surface area contributed by atoms with E-state index in [-0.39, 0.29) is 4.90 Å². The molecule has 0 saturated carbocycles. The maximum absolute atomic E-state index is 13.1. The Bertz CT molecular complexity index is 921. The van der Waals surface area contributed by atoms with Gasteiger partial charge in [0.25, 0.3) is 0 Å². The van der Waals surface area contributed by atoms with Gasteiger partial charge >= 0.3 is 0 Å². The maximum atomic E-state index is 13.1. The zero-order valence-corrected chi connectivity index (χ0v) is 16.2. The lowest BCUT2D eigenvalue weighted by Crippen LogP contribution is -2.48. The minimum Gasteiger partial charge on any atom is -0.490 e. The molecule has 144 valence electrons. The van der Waals surface area contributed by atoms with Crippen LogP contribution in [-0.4, -0.2) is 52.1 Å². The molecule has 0 N–H and O–H groups in total. The number of benzene rings is 2. The first-order chi connectivity index (χ1) is 13.0. The number of hydrogen-bond acceptors (Lipinski definition) is 5. The van der Waals surface area contributed by atoms with E-state index in [0.717, 1.165) is 12.1 Å². The number of piperazine rings is 1. The van der Waals surface area contributed by atoms with E-state index < -0.39 is 10.0 Å². The summed E-state index contributed by atoms with van der Waals surface area (Å²) < 4.78 is 38.9. The molecule has 2 aromatic carbocycles. The van der Waals surface area contributed by atoms with E-state index in [9.17, 15) is 8.42 Å². The van der Waals surface area contributed by atoms with Crippen LogP contribution in [-0.2, 0) is 10.0 Å². The fraction of sp³-hybridized carbons (Fsp3) is 0.400. The summed E-state index contributed by atoms with van der Waals surface area (Å²) in [6.07, 6.45) is 0.789. The topological polar surface area (TPSA) is 59.1 Å². The Balaban J connectivity index is 1.50. The van der Waals surface area contributed by atoms with E-state index in [4.69, 9.17) is 9.47 Å². The van der Waals surface area contributed by atoms with Crippen LogP contribution < -0.4 is 14.4 Å². The van der Waals surface area contributed by atoms with Crippen molar-refractivity contribution in [3.05, 3.63) is 48.0 Å². The normalized spacial score (nSPS) is 18.2. The molecule has 2 aromatic rings. The lowest BCUT2D eigenvalue weighted by atomic mass is 10.2. The molecule has 0 aliphatic carbocycles. The van der Waals surface area contributed by atoms with Gasteiger partial charge in [-0.15, -0.1) is 0 Å². The first kappa shape index (κ1) is 18.1. The summed E-state index contributed by atoms with van der Waals surface area (Å²) in [4.78, 5) is 2.49. The number of hydrogen-bond donors (Lipinski definition) is 0. The number of sulfonamides is 1. The van der Waals surface area contributed by atoms with Crippen molar-refractivity contribution in [2.45, 2.75) is 18.2 Å². The van der Waals surface area contributed by atoms with Crippen LogP contribution in [0.1, 0.15) is 12.0 Å². The molecule has 0 amide bonds. The van der Waals surface area contributed by atoms with E-state index >= 15 is 0 Å². The van der Waals surface area contributed by atoms with Crippen LogP contribution in [0.15, 0.2) is 47.4 Å². The molecule has 0 unspecified atom stereocenters. The van der Waals surface area contributed by atoms with Crippen LogP contribution in [0.5, 0.6) is 11.5 Å². The summed E-state index contributed by atoms with van der Waals surface area (Å²) in [5.41, 5.74) is 2.34. The minimum absolute atomic E-state index is 0.260. The van der Waals surface area contributed by atoms with Crippen LogP contribution in [0.2, 0.25) is 0 Å². The summed E-state index contributed by atoms with van der Waals surface area (Å²) in [6, 6.07) is 13.2. The molecule has 6 nitrogen and oxygen atoms in total. The Hall–Kier alpha value is -2.25. The van der Waals surface area contributed by atoms with Gasteiger partial charge in [0.15, 0.2) is 11.5 Å². The maximum Gasteiger partial charge on any atom is 0.243 e. The number of anilines is 1. The first-order valence-electron chi connectivity index (χ1n) is 9.25. The van der Waals surface area contributed by atoms with Crippen molar-refractivity contribution in [3.63, 3.8) is 0 Å². The number of nitrogens with zero attached hydrogens (tertiary/aromatic N) is 2. The largest absolute Gasteiger partial charge is 0.490 e. The van der Waals surface area contributed by atoms with Crippen molar-refractivity contribution in [1.29, 1.82) is 0 Å². The van der Waals surface area contributed by atoms with Crippen molar-refractivity contribution >= 4 is 15.7 Å². The molecule has 0 aromatic heterocycles. The smallest absolute Gasteiger partial charge is 0.243 e. The van der Waals surface area contributed by atoms with Gasteiger partial charge in [-0.05, 0) is 36.8 Å². The van der Waals surface area contributed by atoms with Gasteiger partial charge in [-0.3, -0.25) is 0 Å². The second-order valence-corrected chi connectivity index (χ2v) is 8.83. The first-order valence-corrected chi connectivity index (χ1v) is 10.7. The van der Waals surface area contributed by atoms with E-state index in [2.05, 4.69) is 30.0 Å². The molecule has 1 saturated heterocycles. The number of ether oxygens (including phenoxy) is 2. The van der Waals surface area contributed by atoms with Gasteiger partial charge in [0.1, 0.15) is 0 Å².